The number of rotatable bonds is 9. The molecule has 1 aliphatic carbocycles. The molecule has 3 atom stereocenters. The summed E-state index contributed by atoms with van der Waals surface area (Å²) >= 11 is 0. The van der Waals surface area contributed by atoms with Gasteiger partial charge in [0.1, 0.15) is 12.6 Å². The molecular weight excluding hydrogens is 440 g/mol. The van der Waals surface area contributed by atoms with Crippen molar-refractivity contribution in [2.45, 2.75) is 24.5 Å². The average Bonchev–Trinajstić information content (AvgIpc) is 3.44. The molecule has 0 spiro atoms. The van der Waals surface area contributed by atoms with Crippen molar-refractivity contribution in [1.29, 1.82) is 0 Å². The van der Waals surface area contributed by atoms with Crippen LogP contribution in [0.15, 0.2) is 48.5 Å². The van der Waals surface area contributed by atoms with Gasteiger partial charge in [-0.2, -0.15) is 0 Å². The molecule has 1 aliphatic heterocycles. The van der Waals surface area contributed by atoms with Gasteiger partial charge in [0.2, 0.25) is 5.91 Å². The van der Waals surface area contributed by atoms with Crippen LogP contribution in [0.1, 0.15) is 23.5 Å². The monoisotopic (exact) mass is 468 g/mol. The lowest BCUT2D eigenvalue weighted by Crippen LogP contribution is -2.51. The zero-order chi connectivity index (χ0) is 24.1. The first-order chi connectivity index (χ1) is 16.5. The average molecular weight is 469 g/mol. The van der Waals surface area contributed by atoms with E-state index >= 15 is 0 Å². The number of hydrogen-bond donors (Lipinski definition) is 3. The van der Waals surface area contributed by atoms with Crippen molar-refractivity contribution in [1.82, 2.24) is 10.6 Å². The van der Waals surface area contributed by atoms with E-state index in [1.165, 1.54) is 7.11 Å². The van der Waals surface area contributed by atoms with Crippen LogP contribution >= 0.6 is 0 Å². The summed E-state index contributed by atoms with van der Waals surface area (Å²) in [6.07, 6.45) is -1.14. The Labute approximate surface area is 197 Å². The molecule has 180 valence electrons. The summed E-state index contributed by atoms with van der Waals surface area (Å²) in [5, 5.41) is 14.4. The van der Waals surface area contributed by atoms with Crippen molar-refractivity contribution in [2.24, 2.45) is 5.92 Å². The van der Waals surface area contributed by atoms with Crippen LogP contribution in [-0.2, 0) is 23.8 Å². The maximum Gasteiger partial charge on any atom is 0.407 e. The van der Waals surface area contributed by atoms with Gasteiger partial charge in [-0.1, -0.05) is 48.5 Å². The third-order valence-electron chi connectivity index (χ3n) is 6.28. The Kier molecular flexibility index (Phi) is 7.44. The standard InChI is InChI=1S/C25H28N2O7/c1-32-14-21(23(28)26-12-15-10-11-33-22(15)24(29)30)27-25(31)34-13-20-18-8-4-2-6-16(18)17-7-3-5-9-19(17)20/h2-9,15,20-22H,10-14H2,1H3,(H,26,28)(H,27,31)(H,29,30)/t15-,21+,22-/m1/s1. The Morgan fingerprint density at radius 1 is 1.09 bits per heavy atom. The van der Waals surface area contributed by atoms with Crippen LogP contribution in [0.4, 0.5) is 4.79 Å². The van der Waals surface area contributed by atoms with Gasteiger partial charge in [0, 0.05) is 32.1 Å². The molecule has 0 bridgehead atoms. The first kappa shape index (κ1) is 23.7. The van der Waals surface area contributed by atoms with Crippen LogP contribution in [0, 0.1) is 5.92 Å². The van der Waals surface area contributed by atoms with Crippen LogP contribution in [0.5, 0.6) is 0 Å². The molecule has 2 aromatic rings. The zero-order valence-electron chi connectivity index (χ0n) is 18.9. The molecule has 0 saturated carbocycles. The van der Waals surface area contributed by atoms with Gasteiger partial charge < -0.3 is 30.0 Å². The number of nitrogens with one attached hydrogen (secondary N) is 2. The van der Waals surface area contributed by atoms with Gasteiger partial charge in [0.05, 0.1) is 6.61 Å². The van der Waals surface area contributed by atoms with Gasteiger partial charge in [-0.25, -0.2) is 9.59 Å². The molecule has 2 amide bonds. The number of alkyl carbamates (subject to hydrolysis) is 1. The van der Waals surface area contributed by atoms with Crippen LogP contribution in [-0.4, -0.2) is 68.7 Å². The second-order valence-electron chi connectivity index (χ2n) is 8.40. The Morgan fingerprint density at radius 2 is 1.74 bits per heavy atom. The fourth-order valence-electron chi connectivity index (χ4n) is 4.60. The first-order valence-electron chi connectivity index (χ1n) is 11.2. The van der Waals surface area contributed by atoms with Crippen LogP contribution < -0.4 is 10.6 Å². The van der Waals surface area contributed by atoms with Crippen LogP contribution in [0.25, 0.3) is 11.1 Å². The number of fused-ring (bicyclic) bond motifs is 3. The first-order valence-corrected chi connectivity index (χ1v) is 11.2. The predicted octanol–water partition coefficient (Wildman–Crippen LogP) is 2.15. The Hall–Kier alpha value is -3.43. The second-order valence-corrected chi connectivity index (χ2v) is 8.40. The summed E-state index contributed by atoms with van der Waals surface area (Å²) < 4.78 is 15.8. The van der Waals surface area contributed by atoms with Gasteiger partial charge in [-0.05, 0) is 28.7 Å². The fraction of sp³-hybridized carbons (Fsp3) is 0.400. The van der Waals surface area contributed by atoms with Gasteiger partial charge in [0.25, 0.3) is 0 Å². The molecule has 9 nitrogen and oxygen atoms in total. The molecule has 3 N–H and O–H groups in total. The molecule has 1 saturated heterocycles. The number of methoxy groups -OCH3 is 1. The molecule has 0 aromatic heterocycles. The molecule has 4 rings (SSSR count). The number of amides is 2. The predicted molar refractivity (Wildman–Crippen MR) is 122 cm³/mol. The number of carbonyl (C=O) groups is 3. The highest BCUT2D eigenvalue weighted by molar-refractivity contribution is 5.86. The normalized spacial score (nSPS) is 19.7. The second kappa shape index (κ2) is 10.7. The summed E-state index contributed by atoms with van der Waals surface area (Å²) in [6, 6.07) is 15.1. The third kappa shape index (κ3) is 5.05. The van der Waals surface area contributed by atoms with Crippen molar-refractivity contribution >= 4 is 18.0 Å². The van der Waals surface area contributed by atoms with Crippen molar-refractivity contribution < 1.29 is 33.7 Å². The number of aliphatic carboxylic acids is 1. The van der Waals surface area contributed by atoms with Gasteiger partial charge in [0.15, 0.2) is 6.10 Å². The largest absolute Gasteiger partial charge is 0.479 e. The van der Waals surface area contributed by atoms with E-state index in [1.54, 1.807) is 0 Å². The smallest absolute Gasteiger partial charge is 0.407 e. The fourth-order valence-corrected chi connectivity index (χ4v) is 4.60. The number of benzene rings is 2. The summed E-state index contributed by atoms with van der Waals surface area (Å²) in [7, 11) is 1.42. The van der Waals surface area contributed by atoms with E-state index < -0.39 is 30.1 Å². The minimum absolute atomic E-state index is 0.0560. The number of carboxylic acid groups (broad SMARTS) is 1. The Bertz CT molecular complexity index is 1010. The Morgan fingerprint density at radius 3 is 2.35 bits per heavy atom. The van der Waals surface area contributed by atoms with Crippen molar-refractivity contribution in [3.05, 3.63) is 59.7 Å². The summed E-state index contributed by atoms with van der Waals surface area (Å²) in [4.78, 5) is 36.4. The third-order valence-corrected chi connectivity index (χ3v) is 6.28. The zero-order valence-corrected chi connectivity index (χ0v) is 18.9. The quantitative estimate of drug-likeness (QED) is 0.515. The molecule has 0 unspecified atom stereocenters. The molecule has 2 aromatic carbocycles. The minimum atomic E-state index is -1.05. The maximum atomic E-state index is 12.6. The molecule has 34 heavy (non-hydrogen) atoms. The van der Waals surface area contributed by atoms with Gasteiger partial charge in [-0.15, -0.1) is 0 Å². The van der Waals surface area contributed by atoms with E-state index in [2.05, 4.69) is 22.8 Å². The highest BCUT2D eigenvalue weighted by Gasteiger charge is 2.35. The minimum Gasteiger partial charge on any atom is -0.479 e. The maximum absolute atomic E-state index is 12.6. The highest BCUT2D eigenvalue weighted by Crippen LogP contribution is 2.44. The van der Waals surface area contributed by atoms with Crippen LogP contribution in [0.2, 0.25) is 0 Å². The van der Waals surface area contributed by atoms with E-state index in [1.807, 2.05) is 36.4 Å². The number of hydrogen-bond acceptors (Lipinski definition) is 6. The number of ether oxygens (including phenoxy) is 3. The van der Waals surface area contributed by atoms with Crippen molar-refractivity contribution in [2.75, 3.05) is 33.5 Å². The summed E-state index contributed by atoms with van der Waals surface area (Å²) in [6.45, 7) is 0.528. The van der Waals surface area contributed by atoms with E-state index in [0.717, 1.165) is 22.3 Å². The van der Waals surface area contributed by atoms with Crippen molar-refractivity contribution in [3.63, 3.8) is 0 Å². The lowest BCUT2D eigenvalue weighted by molar-refractivity contribution is -0.149. The lowest BCUT2D eigenvalue weighted by atomic mass is 9.98. The van der Waals surface area contributed by atoms with E-state index in [4.69, 9.17) is 14.2 Å². The lowest BCUT2D eigenvalue weighted by Gasteiger charge is -2.21. The molecule has 1 fully saturated rings. The van der Waals surface area contributed by atoms with Gasteiger partial charge >= 0.3 is 12.1 Å². The summed E-state index contributed by atoms with van der Waals surface area (Å²) in [5.74, 6) is -1.96. The van der Waals surface area contributed by atoms with Gasteiger partial charge in [-0.3, -0.25) is 4.79 Å². The van der Waals surface area contributed by atoms with E-state index in [0.29, 0.717) is 13.0 Å². The molecular formula is C25H28N2O7. The SMILES string of the molecule is COC[C@H](NC(=O)OCC1c2ccccc2-c2ccccc21)C(=O)NC[C@H]1CCO[C@H]1C(=O)O. The number of carbonyl (C=O) groups excluding carboxylic acids is 2. The topological polar surface area (TPSA) is 123 Å². The summed E-state index contributed by atoms with van der Waals surface area (Å²) in [5.41, 5.74) is 4.43. The molecule has 9 heteroatoms. The molecule has 0 radical (unpaired) electrons. The van der Waals surface area contributed by atoms with Crippen LogP contribution in [0.3, 0.4) is 0 Å². The molecule has 2 aliphatic rings. The molecule has 1 heterocycles. The Balaban J connectivity index is 1.33. The van der Waals surface area contributed by atoms with E-state index in [-0.39, 0.29) is 31.6 Å². The highest BCUT2D eigenvalue weighted by atomic mass is 16.5. The number of carboxylic acids is 1. The van der Waals surface area contributed by atoms with Crippen molar-refractivity contribution in [3.8, 4) is 11.1 Å². The van der Waals surface area contributed by atoms with E-state index in [9.17, 15) is 19.5 Å².